The summed E-state index contributed by atoms with van der Waals surface area (Å²) < 4.78 is 5.06. The van der Waals surface area contributed by atoms with Crippen LogP contribution in [0.1, 0.15) is 22.3 Å². The van der Waals surface area contributed by atoms with E-state index in [0.29, 0.717) is 17.4 Å². The number of amides is 1. The number of aryl methyl sites for hydroxylation is 1. The quantitative estimate of drug-likeness (QED) is 0.498. The van der Waals surface area contributed by atoms with E-state index in [1.54, 1.807) is 24.3 Å². The van der Waals surface area contributed by atoms with Gasteiger partial charge >= 0.3 is 5.97 Å². The molecule has 0 aliphatic rings. The number of aromatic amines is 1. The third-order valence-electron chi connectivity index (χ3n) is 4.11. The molecule has 0 fully saturated rings. The minimum Gasteiger partial charge on any atom is -0.452 e. The second kappa shape index (κ2) is 8.80. The minimum atomic E-state index is -0.697. The zero-order chi connectivity index (χ0) is 19.1. The fraction of sp³-hybridized carbons (Fsp3) is 0.190. The maximum Gasteiger partial charge on any atom is 0.339 e. The summed E-state index contributed by atoms with van der Waals surface area (Å²) in [7, 11) is 0. The Bertz CT molecular complexity index is 996. The lowest BCUT2D eigenvalue weighted by Crippen LogP contribution is -2.30. The second-order valence-corrected chi connectivity index (χ2v) is 6.11. The van der Waals surface area contributed by atoms with Crippen molar-refractivity contribution in [3.8, 4) is 0 Å². The number of carbonyl (C=O) groups excluding carboxylic acids is 2. The Balaban J connectivity index is 1.49. The largest absolute Gasteiger partial charge is 0.452 e. The number of aromatic nitrogens is 1. The van der Waals surface area contributed by atoms with Crippen LogP contribution in [-0.2, 0) is 16.0 Å². The zero-order valence-corrected chi connectivity index (χ0v) is 14.7. The van der Waals surface area contributed by atoms with Gasteiger partial charge in [-0.1, -0.05) is 48.5 Å². The first-order valence-corrected chi connectivity index (χ1v) is 8.73. The maximum absolute atomic E-state index is 12.3. The Hall–Kier alpha value is -3.41. The molecule has 0 unspecified atom stereocenters. The normalized spacial score (nSPS) is 10.5. The Morgan fingerprint density at radius 2 is 1.74 bits per heavy atom. The Labute approximate surface area is 156 Å². The summed E-state index contributed by atoms with van der Waals surface area (Å²) in [5.74, 6) is -1.07. The topological polar surface area (TPSA) is 88.3 Å². The number of benzene rings is 2. The van der Waals surface area contributed by atoms with Gasteiger partial charge in [0, 0.05) is 23.5 Å². The molecule has 1 heterocycles. The molecule has 2 N–H and O–H groups in total. The molecule has 1 amide bonds. The molecular weight excluding hydrogens is 344 g/mol. The van der Waals surface area contributed by atoms with Gasteiger partial charge in [-0.05, 0) is 24.5 Å². The van der Waals surface area contributed by atoms with Crippen LogP contribution in [0.25, 0.3) is 10.9 Å². The Morgan fingerprint density at radius 1 is 1.00 bits per heavy atom. The van der Waals surface area contributed by atoms with Crippen LogP contribution in [0.5, 0.6) is 0 Å². The number of fused-ring (bicyclic) bond motifs is 1. The lowest BCUT2D eigenvalue weighted by molar-refractivity contribution is -0.124. The van der Waals surface area contributed by atoms with Crippen LogP contribution in [-0.4, -0.2) is 30.0 Å². The van der Waals surface area contributed by atoms with Crippen LogP contribution in [0.4, 0.5) is 0 Å². The van der Waals surface area contributed by atoms with Gasteiger partial charge in [-0.2, -0.15) is 0 Å². The first-order chi connectivity index (χ1) is 13.1. The van der Waals surface area contributed by atoms with E-state index in [2.05, 4.69) is 10.3 Å². The van der Waals surface area contributed by atoms with Crippen molar-refractivity contribution in [3.63, 3.8) is 0 Å². The van der Waals surface area contributed by atoms with E-state index < -0.39 is 11.5 Å². The predicted octanol–water partition coefficient (Wildman–Crippen LogP) is 2.43. The van der Waals surface area contributed by atoms with Crippen LogP contribution in [0.3, 0.4) is 0 Å². The Morgan fingerprint density at radius 3 is 2.56 bits per heavy atom. The molecule has 3 rings (SSSR count). The summed E-state index contributed by atoms with van der Waals surface area (Å²) in [6, 6.07) is 18.1. The van der Waals surface area contributed by atoms with Crippen LogP contribution >= 0.6 is 0 Å². The van der Waals surface area contributed by atoms with Crippen LogP contribution in [0.2, 0.25) is 0 Å². The first-order valence-electron chi connectivity index (χ1n) is 8.73. The number of rotatable bonds is 7. The monoisotopic (exact) mass is 364 g/mol. The molecule has 6 heteroatoms. The third-order valence-corrected chi connectivity index (χ3v) is 4.11. The smallest absolute Gasteiger partial charge is 0.339 e. The number of carbonyl (C=O) groups is 2. The van der Waals surface area contributed by atoms with Gasteiger partial charge in [-0.3, -0.25) is 9.59 Å². The first kappa shape index (κ1) is 18.4. The molecule has 0 spiro atoms. The van der Waals surface area contributed by atoms with Crippen molar-refractivity contribution in [1.82, 2.24) is 10.3 Å². The Kier molecular flexibility index (Phi) is 5.99. The molecule has 6 nitrogen and oxygen atoms in total. The number of H-pyrrole nitrogens is 1. The molecule has 0 aliphatic heterocycles. The van der Waals surface area contributed by atoms with Crippen molar-refractivity contribution in [1.29, 1.82) is 0 Å². The summed E-state index contributed by atoms with van der Waals surface area (Å²) in [5.41, 5.74) is 1.50. The molecule has 3 aromatic rings. The van der Waals surface area contributed by atoms with E-state index in [4.69, 9.17) is 4.74 Å². The lowest BCUT2D eigenvalue weighted by Gasteiger charge is -2.08. The lowest BCUT2D eigenvalue weighted by atomic mass is 10.1. The second-order valence-electron chi connectivity index (χ2n) is 6.11. The van der Waals surface area contributed by atoms with Crippen LogP contribution in [0.15, 0.2) is 65.5 Å². The predicted molar refractivity (Wildman–Crippen MR) is 103 cm³/mol. The SMILES string of the molecule is O=C(COC(=O)c1cc(=O)[nH]c2ccccc12)NCCCc1ccccc1. The molecule has 0 saturated heterocycles. The van der Waals surface area contributed by atoms with Gasteiger partial charge in [-0.25, -0.2) is 4.79 Å². The number of para-hydroxylation sites is 1. The van der Waals surface area contributed by atoms with E-state index in [0.717, 1.165) is 12.8 Å². The van der Waals surface area contributed by atoms with Gasteiger partial charge in [0.15, 0.2) is 6.61 Å². The van der Waals surface area contributed by atoms with Crippen molar-refractivity contribution in [2.45, 2.75) is 12.8 Å². The highest BCUT2D eigenvalue weighted by Crippen LogP contribution is 2.15. The highest BCUT2D eigenvalue weighted by atomic mass is 16.5. The molecular formula is C21H20N2O4. The van der Waals surface area contributed by atoms with Crippen LogP contribution in [0, 0.1) is 0 Å². The van der Waals surface area contributed by atoms with Gasteiger partial charge < -0.3 is 15.0 Å². The molecule has 0 aliphatic carbocycles. The highest BCUT2D eigenvalue weighted by Gasteiger charge is 2.14. The van der Waals surface area contributed by atoms with Crippen molar-refractivity contribution in [2.24, 2.45) is 0 Å². The van der Waals surface area contributed by atoms with Crippen molar-refractivity contribution < 1.29 is 14.3 Å². The van der Waals surface area contributed by atoms with Gasteiger partial charge in [-0.15, -0.1) is 0 Å². The number of hydrogen-bond acceptors (Lipinski definition) is 4. The zero-order valence-electron chi connectivity index (χ0n) is 14.7. The molecule has 0 saturated carbocycles. The fourth-order valence-electron chi connectivity index (χ4n) is 2.80. The molecule has 2 aromatic carbocycles. The van der Waals surface area contributed by atoms with Crippen molar-refractivity contribution in [2.75, 3.05) is 13.2 Å². The summed E-state index contributed by atoms with van der Waals surface area (Å²) in [6.07, 6.45) is 1.65. The highest BCUT2D eigenvalue weighted by molar-refractivity contribution is 6.03. The fourth-order valence-corrected chi connectivity index (χ4v) is 2.80. The number of esters is 1. The van der Waals surface area contributed by atoms with Crippen LogP contribution < -0.4 is 10.9 Å². The molecule has 0 radical (unpaired) electrons. The third kappa shape index (κ3) is 5.04. The van der Waals surface area contributed by atoms with E-state index in [1.807, 2.05) is 30.3 Å². The average molecular weight is 364 g/mol. The summed E-state index contributed by atoms with van der Waals surface area (Å²) in [4.78, 5) is 38.5. The van der Waals surface area contributed by atoms with Gasteiger partial charge in [0.25, 0.3) is 5.91 Å². The van der Waals surface area contributed by atoms with Gasteiger partial charge in [0.2, 0.25) is 5.56 Å². The minimum absolute atomic E-state index is 0.145. The summed E-state index contributed by atoms with van der Waals surface area (Å²) in [6.45, 7) is 0.116. The molecule has 0 atom stereocenters. The number of ether oxygens (including phenoxy) is 1. The standard InChI is InChI=1S/C21H20N2O4/c24-19-13-17(16-10-4-5-11-18(16)23-19)21(26)27-14-20(25)22-12-6-9-15-7-2-1-3-8-15/h1-5,7-8,10-11,13H,6,9,12,14H2,(H,22,25)(H,23,24). The molecule has 1 aromatic heterocycles. The molecule has 0 bridgehead atoms. The van der Waals surface area contributed by atoms with Gasteiger partial charge in [0.1, 0.15) is 0 Å². The van der Waals surface area contributed by atoms with Crippen molar-refractivity contribution >= 4 is 22.8 Å². The molecule has 27 heavy (non-hydrogen) atoms. The van der Waals surface area contributed by atoms with E-state index in [1.165, 1.54) is 11.6 Å². The summed E-state index contributed by atoms with van der Waals surface area (Å²) >= 11 is 0. The number of hydrogen-bond donors (Lipinski definition) is 2. The number of pyridine rings is 1. The summed E-state index contributed by atoms with van der Waals surface area (Å²) in [5, 5.41) is 3.30. The number of nitrogens with one attached hydrogen (secondary N) is 2. The molecule has 138 valence electrons. The maximum atomic E-state index is 12.3. The van der Waals surface area contributed by atoms with E-state index in [-0.39, 0.29) is 18.1 Å². The van der Waals surface area contributed by atoms with E-state index >= 15 is 0 Å². The van der Waals surface area contributed by atoms with E-state index in [9.17, 15) is 14.4 Å². The van der Waals surface area contributed by atoms with Gasteiger partial charge in [0.05, 0.1) is 5.56 Å². The average Bonchev–Trinajstić information content (AvgIpc) is 2.69. The van der Waals surface area contributed by atoms with Crippen molar-refractivity contribution in [3.05, 3.63) is 82.1 Å².